The molecule has 0 aliphatic carbocycles. The standard InChI is InChI=1S/C22H20Br2ClNO/c1-14-6-7-19(8-15(14)2)26-12-17-10-20(23)22(21(24)11-17)27-13-16-4-3-5-18(25)9-16/h3-11,26H,12-13H2,1-2H3. The van der Waals surface area contributed by atoms with Gasteiger partial charge in [0.25, 0.3) is 0 Å². The highest BCUT2D eigenvalue weighted by Gasteiger charge is 2.10. The van der Waals surface area contributed by atoms with Gasteiger partial charge in [0.1, 0.15) is 12.4 Å². The molecule has 3 rings (SSSR count). The molecule has 0 aromatic heterocycles. The minimum Gasteiger partial charge on any atom is -0.487 e. The van der Waals surface area contributed by atoms with Crippen molar-refractivity contribution in [1.82, 2.24) is 0 Å². The number of rotatable bonds is 6. The number of benzene rings is 3. The quantitative estimate of drug-likeness (QED) is 0.368. The van der Waals surface area contributed by atoms with Crippen LogP contribution in [0.1, 0.15) is 22.3 Å². The van der Waals surface area contributed by atoms with Gasteiger partial charge in [-0.05, 0) is 104 Å². The molecule has 0 saturated heterocycles. The van der Waals surface area contributed by atoms with E-state index in [1.807, 2.05) is 24.3 Å². The molecule has 0 heterocycles. The normalized spacial score (nSPS) is 10.7. The number of aryl methyl sites for hydroxylation is 2. The second-order valence-electron chi connectivity index (χ2n) is 6.46. The van der Waals surface area contributed by atoms with E-state index in [0.29, 0.717) is 11.6 Å². The van der Waals surface area contributed by atoms with Gasteiger partial charge in [-0.15, -0.1) is 0 Å². The predicted molar refractivity (Wildman–Crippen MR) is 121 cm³/mol. The van der Waals surface area contributed by atoms with E-state index in [-0.39, 0.29) is 0 Å². The minimum absolute atomic E-state index is 0.456. The van der Waals surface area contributed by atoms with Crippen molar-refractivity contribution in [1.29, 1.82) is 0 Å². The number of nitrogens with one attached hydrogen (secondary N) is 1. The van der Waals surface area contributed by atoms with Crippen molar-refractivity contribution in [2.45, 2.75) is 27.0 Å². The third-order valence-electron chi connectivity index (χ3n) is 4.33. The van der Waals surface area contributed by atoms with Crippen molar-refractivity contribution in [3.05, 3.63) is 90.8 Å². The zero-order valence-electron chi connectivity index (χ0n) is 15.2. The van der Waals surface area contributed by atoms with Crippen LogP contribution in [0.15, 0.2) is 63.5 Å². The molecule has 3 aromatic rings. The first kappa shape index (κ1) is 20.2. The summed E-state index contributed by atoms with van der Waals surface area (Å²) < 4.78 is 7.81. The molecule has 0 unspecified atom stereocenters. The van der Waals surface area contributed by atoms with Gasteiger partial charge >= 0.3 is 0 Å². The fourth-order valence-corrected chi connectivity index (χ4v) is 4.41. The van der Waals surface area contributed by atoms with E-state index >= 15 is 0 Å². The lowest BCUT2D eigenvalue weighted by Crippen LogP contribution is -2.02. The Balaban J connectivity index is 1.67. The summed E-state index contributed by atoms with van der Waals surface area (Å²) in [6, 6.07) is 18.2. The molecule has 27 heavy (non-hydrogen) atoms. The molecule has 0 fully saturated rings. The molecule has 1 N–H and O–H groups in total. The van der Waals surface area contributed by atoms with Gasteiger partial charge in [-0.1, -0.05) is 29.8 Å². The summed E-state index contributed by atoms with van der Waals surface area (Å²) in [6.07, 6.45) is 0. The summed E-state index contributed by atoms with van der Waals surface area (Å²) in [5.74, 6) is 0.782. The molecule has 5 heteroatoms. The zero-order valence-corrected chi connectivity index (χ0v) is 19.1. The van der Waals surface area contributed by atoms with Crippen LogP contribution in [0.25, 0.3) is 0 Å². The van der Waals surface area contributed by atoms with Crippen molar-refractivity contribution in [3.63, 3.8) is 0 Å². The van der Waals surface area contributed by atoms with Gasteiger partial charge in [0.05, 0.1) is 8.95 Å². The molecular weight excluding hydrogens is 490 g/mol. The highest BCUT2D eigenvalue weighted by atomic mass is 79.9. The van der Waals surface area contributed by atoms with Crippen molar-refractivity contribution < 1.29 is 4.74 Å². The Bertz CT molecular complexity index is 936. The SMILES string of the molecule is Cc1ccc(NCc2cc(Br)c(OCc3cccc(Cl)c3)c(Br)c2)cc1C. The highest BCUT2D eigenvalue weighted by molar-refractivity contribution is 9.11. The molecule has 0 bridgehead atoms. The van der Waals surface area contributed by atoms with Crippen molar-refractivity contribution >= 4 is 49.1 Å². The molecule has 3 aromatic carbocycles. The van der Waals surface area contributed by atoms with Crippen LogP contribution in [-0.4, -0.2) is 0 Å². The first-order valence-corrected chi connectivity index (χ1v) is 10.5. The number of halogens is 3. The van der Waals surface area contributed by atoms with E-state index in [1.165, 1.54) is 11.1 Å². The molecule has 0 aliphatic rings. The summed E-state index contributed by atoms with van der Waals surface area (Å²) in [5.41, 5.74) is 5.88. The van der Waals surface area contributed by atoms with Gasteiger partial charge in [-0.2, -0.15) is 0 Å². The van der Waals surface area contributed by atoms with Gasteiger partial charge < -0.3 is 10.1 Å². The lowest BCUT2D eigenvalue weighted by molar-refractivity contribution is 0.302. The van der Waals surface area contributed by atoms with E-state index in [4.69, 9.17) is 16.3 Å². The Morgan fingerprint density at radius 3 is 2.30 bits per heavy atom. The van der Waals surface area contributed by atoms with Gasteiger partial charge in [0, 0.05) is 17.3 Å². The summed E-state index contributed by atoms with van der Waals surface area (Å²) >= 11 is 13.3. The third kappa shape index (κ3) is 5.50. The van der Waals surface area contributed by atoms with E-state index < -0.39 is 0 Å². The molecule has 0 atom stereocenters. The van der Waals surface area contributed by atoms with Gasteiger partial charge in [0.15, 0.2) is 0 Å². The van der Waals surface area contributed by atoms with Crippen LogP contribution >= 0.6 is 43.5 Å². The van der Waals surface area contributed by atoms with Crippen LogP contribution in [0.2, 0.25) is 5.02 Å². The number of anilines is 1. The van der Waals surface area contributed by atoms with Crippen LogP contribution in [-0.2, 0) is 13.2 Å². The Morgan fingerprint density at radius 1 is 0.889 bits per heavy atom. The summed E-state index contributed by atoms with van der Waals surface area (Å²) in [5, 5.41) is 4.18. The first-order chi connectivity index (χ1) is 12.9. The summed E-state index contributed by atoms with van der Waals surface area (Å²) in [6.45, 7) is 5.43. The third-order valence-corrected chi connectivity index (χ3v) is 5.75. The van der Waals surface area contributed by atoms with E-state index in [1.54, 1.807) is 0 Å². The second kappa shape index (κ2) is 9.13. The van der Waals surface area contributed by atoms with Crippen LogP contribution in [0.5, 0.6) is 5.75 Å². The topological polar surface area (TPSA) is 21.3 Å². The zero-order chi connectivity index (χ0) is 19.4. The fraction of sp³-hybridized carbons (Fsp3) is 0.182. The summed E-state index contributed by atoms with van der Waals surface area (Å²) in [4.78, 5) is 0. The van der Waals surface area contributed by atoms with Crippen LogP contribution in [0.3, 0.4) is 0 Å². The molecule has 0 radical (unpaired) electrons. The van der Waals surface area contributed by atoms with Crippen molar-refractivity contribution in [2.75, 3.05) is 5.32 Å². The number of hydrogen-bond donors (Lipinski definition) is 1. The van der Waals surface area contributed by atoms with Gasteiger partial charge in [0.2, 0.25) is 0 Å². The molecule has 140 valence electrons. The Labute approximate surface area is 182 Å². The largest absolute Gasteiger partial charge is 0.487 e. The van der Waals surface area contributed by atoms with Gasteiger partial charge in [-0.25, -0.2) is 0 Å². The maximum absolute atomic E-state index is 6.03. The Kier molecular flexibility index (Phi) is 6.85. The van der Waals surface area contributed by atoms with Gasteiger partial charge in [-0.3, -0.25) is 0 Å². The maximum Gasteiger partial charge on any atom is 0.148 e. The monoisotopic (exact) mass is 507 g/mol. The van der Waals surface area contributed by atoms with E-state index in [9.17, 15) is 0 Å². The average molecular weight is 510 g/mol. The van der Waals surface area contributed by atoms with Crippen molar-refractivity contribution in [3.8, 4) is 5.75 Å². The Hall–Kier alpha value is -1.49. The molecule has 0 saturated carbocycles. The molecule has 2 nitrogen and oxygen atoms in total. The lowest BCUT2D eigenvalue weighted by atomic mass is 10.1. The van der Waals surface area contributed by atoms with Crippen molar-refractivity contribution in [2.24, 2.45) is 0 Å². The van der Waals surface area contributed by atoms with E-state index in [0.717, 1.165) is 38.1 Å². The maximum atomic E-state index is 6.03. The number of ether oxygens (including phenoxy) is 1. The second-order valence-corrected chi connectivity index (χ2v) is 8.60. The predicted octanol–water partition coefficient (Wildman–Crippen LogP) is 7.67. The van der Waals surface area contributed by atoms with Crippen LogP contribution < -0.4 is 10.1 Å². The Morgan fingerprint density at radius 2 is 1.63 bits per heavy atom. The fourth-order valence-electron chi connectivity index (χ4n) is 2.69. The lowest BCUT2D eigenvalue weighted by Gasteiger charge is -2.14. The molecule has 0 spiro atoms. The number of hydrogen-bond acceptors (Lipinski definition) is 2. The molecular formula is C22H20Br2ClNO. The molecule has 0 aliphatic heterocycles. The first-order valence-electron chi connectivity index (χ1n) is 8.58. The van der Waals surface area contributed by atoms with Crippen LogP contribution in [0, 0.1) is 13.8 Å². The highest BCUT2D eigenvalue weighted by Crippen LogP contribution is 2.35. The molecule has 0 amide bonds. The smallest absolute Gasteiger partial charge is 0.148 e. The average Bonchev–Trinajstić information content (AvgIpc) is 2.62. The van der Waals surface area contributed by atoms with Crippen LogP contribution in [0.4, 0.5) is 5.69 Å². The van der Waals surface area contributed by atoms with E-state index in [2.05, 4.69) is 81.4 Å². The minimum atomic E-state index is 0.456. The summed E-state index contributed by atoms with van der Waals surface area (Å²) in [7, 11) is 0.